The molecule has 0 aromatic rings. The molecule has 0 aliphatic heterocycles. The van der Waals surface area contributed by atoms with Crippen molar-refractivity contribution in [1.29, 1.82) is 10.5 Å². The lowest BCUT2D eigenvalue weighted by molar-refractivity contribution is -0.184. The van der Waals surface area contributed by atoms with Gasteiger partial charge in [0.2, 0.25) is 0 Å². The average molecular weight is 1720 g/mol. The van der Waals surface area contributed by atoms with Crippen LogP contribution in [0.1, 0.15) is 55.4 Å². The summed E-state index contributed by atoms with van der Waals surface area (Å²) in [5.74, 6) is -10.7. The van der Waals surface area contributed by atoms with Crippen molar-refractivity contribution in [3.63, 3.8) is 0 Å². The first-order chi connectivity index (χ1) is 57.5. The molecule has 43 heteroatoms. The first-order valence-electron chi connectivity index (χ1n) is 38.8. The number of hydrogen-bond donors (Lipinski definition) is 0. The van der Waals surface area contributed by atoms with E-state index in [2.05, 4.69) is 13.2 Å². The number of nitriles is 2. The highest BCUT2D eigenvalue weighted by Crippen LogP contribution is 2.11. The Hall–Kier alpha value is -7.68. The van der Waals surface area contributed by atoms with Gasteiger partial charge >= 0.3 is 59.7 Å². The molecule has 0 aromatic carbocycles. The number of hydrogen-bond acceptors (Lipinski definition) is 43. The molecule has 0 fully saturated rings. The minimum absolute atomic E-state index is 0.0450. The summed E-state index contributed by atoms with van der Waals surface area (Å²) < 4.78 is 164. The lowest BCUT2D eigenvalue weighted by Crippen LogP contribution is -2.37. The van der Waals surface area contributed by atoms with Crippen LogP contribution >= 0.6 is 0 Å². The number of nitrogens with zero attached hydrogens (tertiary/aromatic N) is 2. The molecule has 8 atom stereocenters. The molecule has 0 spiro atoms. The van der Waals surface area contributed by atoms with Crippen LogP contribution in [0, 0.1) is 22.7 Å². The van der Waals surface area contributed by atoms with Crippen LogP contribution in [0.3, 0.4) is 0 Å². The molecule has 0 rings (SSSR count). The lowest BCUT2D eigenvalue weighted by Gasteiger charge is -2.19. The molecule has 0 radical (unpaired) electrons. The molecule has 0 N–H and O–H groups in total. The number of ether oxygens (including phenoxy) is 31. The summed E-state index contributed by atoms with van der Waals surface area (Å²) in [5, 5.41) is 17.4. The summed E-state index contributed by atoms with van der Waals surface area (Å²) in [6.07, 6.45) is -11.6. The lowest BCUT2D eigenvalue weighted by atomic mass is 10.3. The molecular formula is C76H124N2O41. The Bertz CT molecular complexity index is 2630. The van der Waals surface area contributed by atoms with Crippen LogP contribution in [0.4, 0.5) is 0 Å². The molecule has 0 aliphatic carbocycles. The monoisotopic (exact) mass is 1720 g/mol. The molecule has 0 amide bonds. The van der Waals surface area contributed by atoms with Crippen molar-refractivity contribution in [2.24, 2.45) is 0 Å². The van der Waals surface area contributed by atoms with Gasteiger partial charge in [0.15, 0.2) is 48.8 Å². The Morgan fingerprint density at radius 3 is 0.403 bits per heavy atom. The minimum atomic E-state index is -1.51. The largest absolute Gasteiger partial charge is 0.461 e. The average Bonchev–Trinajstić information content (AvgIpc) is 0.894. The maximum absolute atomic E-state index is 12.4. The smallest absolute Gasteiger partial charge is 0.349 e. The van der Waals surface area contributed by atoms with Crippen LogP contribution in [0.25, 0.3) is 0 Å². The third-order valence-electron chi connectivity index (χ3n) is 14.1. The van der Waals surface area contributed by atoms with Crippen LogP contribution in [0.2, 0.25) is 0 Å². The quantitative estimate of drug-likeness (QED) is 0.0255. The van der Waals surface area contributed by atoms with E-state index in [1.807, 2.05) is 0 Å². The fraction of sp³-hybridized carbons (Fsp3) is 0.789. The van der Waals surface area contributed by atoms with Gasteiger partial charge in [0.1, 0.15) is 36.5 Å². The zero-order valence-electron chi connectivity index (χ0n) is 69.8. The number of carbonyl (C=O) groups is 10. The molecule has 0 saturated carbocycles. The van der Waals surface area contributed by atoms with Crippen LogP contribution in [0.5, 0.6) is 0 Å². The predicted molar refractivity (Wildman–Crippen MR) is 403 cm³/mol. The van der Waals surface area contributed by atoms with E-state index in [4.69, 9.17) is 157 Å². The van der Waals surface area contributed by atoms with Crippen LogP contribution < -0.4 is 0 Å². The molecule has 0 bridgehead atoms. The van der Waals surface area contributed by atoms with Gasteiger partial charge in [0.25, 0.3) is 0 Å². The zero-order valence-corrected chi connectivity index (χ0v) is 69.8. The molecule has 0 aliphatic rings. The Labute approximate surface area is 694 Å². The summed E-state index contributed by atoms with van der Waals surface area (Å²) in [6, 6.07) is 2.94. The van der Waals surface area contributed by atoms with Crippen molar-refractivity contribution in [3.05, 3.63) is 24.3 Å². The van der Waals surface area contributed by atoms with E-state index >= 15 is 0 Å². The van der Waals surface area contributed by atoms with Crippen molar-refractivity contribution in [2.75, 3.05) is 291 Å². The number of carbonyl (C=O) groups excluding carboxylic acids is 10. The third kappa shape index (κ3) is 67.7. The van der Waals surface area contributed by atoms with Gasteiger partial charge in [0.05, 0.1) is 277 Å². The van der Waals surface area contributed by atoms with Crippen molar-refractivity contribution in [3.8, 4) is 12.1 Å². The number of esters is 10. The standard InChI is InChI=1S/C76H124N2O41/c1-57(55-77)67(79)112-61(5)71(83)116-65(9)75(87)118-63(7)73(85)114-59(3)69(81)110-53-51-108-49-47-106-45-43-104-41-39-102-37-35-100-33-31-98-29-27-96-25-23-94-21-19-92-17-15-90-13-11-89-12-14-91-16-18-93-20-22-95-24-26-97-28-30-99-32-34-101-36-38-103-40-42-105-44-46-107-48-50-109-52-54-111-70(82)60(4)115-74(86)64(8)119-76(88)66(10)117-72(84)62(6)113-68(80)58(2)56-78/h59-66H,1-2,11-54H2,3-10H3. The van der Waals surface area contributed by atoms with Gasteiger partial charge in [0, 0.05) is 0 Å². The number of rotatable bonds is 84. The molecule has 0 saturated heterocycles. The second kappa shape index (κ2) is 78.8. The Balaban J connectivity index is 3.39. The van der Waals surface area contributed by atoms with Crippen molar-refractivity contribution in [2.45, 2.75) is 104 Å². The first-order valence-corrected chi connectivity index (χ1v) is 38.8. The summed E-state index contributed by atoms with van der Waals surface area (Å²) >= 11 is 0. The second-order valence-corrected chi connectivity index (χ2v) is 23.9. The van der Waals surface area contributed by atoms with Crippen molar-refractivity contribution < 1.29 is 195 Å². The molecule has 0 aromatic heterocycles. The van der Waals surface area contributed by atoms with E-state index < -0.39 is 120 Å². The molecule has 0 heterocycles. The Morgan fingerprint density at radius 1 is 0.185 bits per heavy atom. The van der Waals surface area contributed by atoms with E-state index in [0.29, 0.717) is 238 Å². The normalized spacial score (nSPS) is 13.2. The van der Waals surface area contributed by atoms with Crippen LogP contribution in [-0.4, -0.2) is 399 Å². The van der Waals surface area contributed by atoms with Gasteiger partial charge in [-0.3, -0.25) is 0 Å². The topological polar surface area (TPSA) is 504 Å². The molecule has 684 valence electrons. The van der Waals surface area contributed by atoms with Gasteiger partial charge in [-0.15, -0.1) is 0 Å². The Morgan fingerprint density at radius 2 is 0.286 bits per heavy atom. The maximum atomic E-state index is 12.4. The van der Waals surface area contributed by atoms with E-state index in [-0.39, 0.29) is 52.9 Å². The van der Waals surface area contributed by atoms with E-state index in [1.54, 1.807) is 0 Å². The van der Waals surface area contributed by atoms with E-state index in [0.717, 1.165) is 27.7 Å². The highest BCUT2D eigenvalue weighted by atomic mass is 16.7. The van der Waals surface area contributed by atoms with Crippen LogP contribution in [-0.2, 0) is 195 Å². The third-order valence-corrected chi connectivity index (χ3v) is 14.1. The molecule has 8 unspecified atom stereocenters. The minimum Gasteiger partial charge on any atom is -0.461 e. The summed E-state index contributed by atoms with van der Waals surface area (Å²) in [5.41, 5.74) is -1.08. The predicted octanol–water partition coefficient (Wildman–Crippen LogP) is 0.0346. The summed E-state index contributed by atoms with van der Waals surface area (Å²) in [6.45, 7) is 31.5. The van der Waals surface area contributed by atoms with E-state index in [1.165, 1.54) is 39.8 Å². The fourth-order valence-electron chi connectivity index (χ4n) is 7.70. The van der Waals surface area contributed by atoms with Crippen LogP contribution in [0.15, 0.2) is 24.3 Å². The van der Waals surface area contributed by atoms with Gasteiger partial charge in [-0.2, -0.15) is 10.5 Å². The SMILES string of the molecule is C=C(C#N)C(=O)OC(C)C(=O)OC(C)C(=O)OC(C)C(=O)OC(C)C(=O)OCCOCCOCCOCCOCCOCCOCCOCCOCCOCCOCCOCCOCCOCCOCCOCCOCCOCCOCCOCCOCCOCCOC(=O)C(C)OC(=O)C(C)OC(=O)C(C)OC(=O)C(C)OC(=O)C(=C)C#N. The highest BCUT2D eigenvalue weighted by Gasteiger charge is 2.33. The maximum Gasteiger partial charge on any atom is 0.349 e. The van der Waals surface area contributed by atoms with Gasteiger partial charge in [-0.05, 0) is 55.4 Å². The molecule has 119 heavy (non-hydrogen) atoms. The van der Waals surface area contributed by atoms with Crippen molar-refractivity contribution in [1.82, 2.24) is 0 Å². The van der Waals surface area contributed by atoms with Crippen molar-refractivity contribution >= 4 is 59.7 Å². The van der Waals surface area contributed by atoms with Gasteiger partial charge < -0.3 is 147 Å². The summed E-state index contributed by atoms with van der Waals surface area (Å²) in [4.78, 5) is 121. The highest BCUT2D eigenvalue weighted by molar-refractivity contribution is 5.94. The summed E-state index contributed by atoms with van der Waals surface area (Å²) in [7, 11) is 0. The first kappa shape index (κ1) is 111. The van der Waals surface area contributed by atoms with Gasteiger partial charge in [-0.25, -0.2) is 47.9 Å². The second-order valence-electron chi connectivity index (χ2n) is 23.9. The van der Waals surface area contributed by atoms with Gasteiger partial charge in [-0.1, -0.05) is 13.2 Å². The zero-order chi connectivity index (χ0) is 88.0. The fourth-order valence-corrected chi connectivity index (χ4v) is 7.70. The molecular weight excluding hydrogens is 1600 g/mol. The Kier molecular flexibility index (Phi) is 73.7. The molecule has 43 nitrogen and oxygen atoms in total. The van der Waals surface area contributed by atoms with E-state index in [9.17, 15) is 47.9 Å².